The summed E-state index contributed by atoms with van der Waals surface area (Å²) in [6.07, 6.45) is -4.30. The average molecular weight is 434 g/mol. The Bertz CT molecular complexity index is 1130. The van der Waals surface area contributed by atoms with Gasteiger partial charge in [-0.25, -0.2) is 4.98 Å². The van der Waals surface area contributed by atoms with E-state index in [1.807, 2.05) is 0 Å². The number of carbonyl (C=O) groups excluding carboxylic acids is 2. The second kappa shape index (κ2) is 7.79. The van der Waals surface area contributed by atoms with Gasteiger partial charge in [-0.2, -0.15) is 13.2 Å². The monoisotopic (exact) mass is 434 g/mol. The number of thiazole rings is 1. The van der Waals surface area contributed by atoms with Gasteiger partial charge in [-0.1, -0.05) is 24.3 Å². The van der Waals surface area contributed by atoms with E-state index in [1.165, 1.54) is 12.1 Å². The van der Waals surface area contributed by atoms with Crippen molar-refractivity contribution in [1.82, 2.24) is 4.98 Å². The zero-order chi connectivity index (χ0) is 21.3. The van der Waals surface area contributed by atoms with Gasteiger partial charge in [0, 0.05) is 16.5 Å². The van der Waals surface area contributed by atoms with Crippen LogP contribution in [0, 0.1) is 0 Å². The van der Waals surface area contributed by atoms with Crippen molar-refractivity contribution in [3.63, 3.8) is 0 Å². The summed E-state index contributed by atoms with van der Waals surface area (Å²) in [6, 6.07) is 9.80. The molecule has 1 aliphatic heterocycles. The van der Waals surface area contributed by atoms with Crippen molar-refractivity contribution in [3.05, 3.63) is 59.0 Å². The van der Waals surface area contributed by atoms with Crippen molar-refractivity contribution < 1.29 is 32.2 Å². The number of aromatic nitrogens is 1. The fourth-order valence-electron chi connectivity index (χ4n) is 2.85. The van der Waals surface area contributed by atoms with Crippen molar-refractivity contribution in [2.45, 2.75) is 12.6 Å². The highest BCUT2D eigenvalue weighted by molar-refractivity contribution is 7.14. The molecule has 1 aromatic heterocycles. The predicted molar refractivity (Wildman–Crippen MR) is 102 cm³/mol. The van der Waals surface area contributed by atoms with Gasteiger partial charge in [0.25, 0.3) is 5.91 Å². The van der Waals surface area contributed by atoms with Crippen LogP contribution in [0.15, 0.2) is 47.8 Å². The number of nitrogens with zero attached hydrogens (tertiary/aromatic N) is 1. The number of carbonyl (C=O) groups is 2. The Morgan fingerprint density at radius 3 is 2.83 bits per heavy atom. The molecule has 1 N–H and O–H groups in total. The number of ether oxygens (including phenoxy) is 2. The number of hydrogen-bond donors (Lipinski definition) is 1. The number of alkyl halides is 3. The van der Waals surface area contributed by atoms with E-state index in [4.69, 9.17) is 9.47 Å². The molecule has 2 heterocycles. The fraction of sp³-hybridized carbons (Fsp3) is 0.150. The molecule has 0 radical (unpaired) electrons. The van der Waals surface area contributed by atoms with Crippen LogP contribution in [-0.2, 0) is 22.2 Å². The Kier molecular flexibility index (Phi) is 5.17. The van der Waals surface area contributed by atoms with Crippen molar-refractivity contribution in [3.8, 4) is 22.8 Å². The van der Waals surface area contributed by atoms with Crippen molar-refractivity contribution in [2.24, 2.45) is 0 Å². The molecule has 1 aliphatic rings. The molecule has 154 valence electrons. The third-order valence-electron chi connectivity index (χ3n) is 4.21. The molecule has 0 saturated carbocycles. The standard InChI is InChI=1S/C20H13F3N2O4S/c21-20(22,23)13-5-1-3-11(7-13)14-10-30-19(24-14)25-16(26)9-28-15-6-2-4-12-8-17(27)29-18(12)15/h1-7,10H,8-9H2,(H,24,25,26). The topological polar surface area (TPSA) is 77.5 Å². The molecule has 0 fully saturated rings. The molecule has 0 unspecified atom stereocenters. The SMILES string of the molecule is O=C(COc1cccc2c1OC(=O)C2)Nc1nc(-c2cccc(C(F)(F)F)c2)cs1. The van der Waals surface area contributed by atoms with E-state index in [1.54, 1.807) is 23.6 Å². The van der Waals surface area contributed by atoms with Crippen molar-refractivity contribution in [2.75, 3.05) is 11.9 Å². The Morgan fingerprint density at radius 1 is 1.23 bits per heavy atom. The van der Waals surface area contributed by atoms with Crippen LogP contribution in [0.5, 0.6) is 11.5 Å². The number of anilines is 1. The molecular weight excluding hydrogens is 421 g/mol. The summed E-state index contributed by atoms with van der Waals surface area (Å²) in [5, 5.41) is 4.31. The molecule has 0 atom stereocenters. The maximum absolute atomic E-state index is 12.9. The van der Waals surface area contributed by atoms with Gasteiger partial charge in [0.05, 0.1) is 17.7 Å². The number of nitrogens with one attached hydrogen (secondary N) is 1. The lowest BCUT2D eigenvalue weighted by Gasteiger charge is -2.09. The zero-order valence-electron chi connectivity index (χ0n) is 15.2. The van der Waals surface area contributed by atoms with Gasteiger partial charge in [0.1, 0.15) is 0 Å². The minimum atomic E-state index is -4.45. The molecule has 1 amide bonds. The quantitative estimate of drug-likeness (QED) is 0.478. The summed E-state index contributed by atoms with van der Waals surface area (Å²) in [5.74, 6) is -0.328. The average Bonchev–Trinajstić information content (AvgIpc) is 3.31. The minimum Gasteiger partial charge on any atom is -0.480 e. The maximum Gasteiger partial charge on any atom is 0.416 e. The lowest BCUT2D eigenvalue weighted by molar-refractivity contribution is -0.137. The second-order valence-corrected chi connectivity index (χ2v) is 7.21. The van der Waals surface area contributed by atoms with Crippen LogP contribution in [0.4, 0.5) is 18.3 Å². The lowest BCUT2D eigenvalue weighted by Crippen LogP contribution is -2.20. The first-order chi connectivity index (χ1) is 14.3. The van der Waals surface area contributed by atoms with E-state index in [-0.39, 0.29) is 23.9 Å². The number of benzene rings is 2. The van der Waals surface area contributed by atoms with Gasteiger partial charge < -0.3 is 9.47 Å². The minimum absolute atomic E-state index is 0.149. The van der Waals surface area contributed by atoms with Crippen LogP contribution >= 0.6 is 11.3 Å². The number of para-hydroxylation sites is 1. The maximum atomic E-state index is 12.9. The van der Waals surface area contributed by atoms with Crippen LogP contribution in [0.2, 0.25) is 0 Å². The predicted octanol–water partition coefficient (Wildman–Crippen LogP) is 4.31. The molecule has 0 saturated heterocycles. The van der Waals surface area contributed by atoms with E-state index >= 15 is 0 Å². The van der Waals surface area contributed by atoms with Crippen LogP contribution in [0.3, 0.4) is 0 Å². The molecule has 0 spiro atoms. The van der Waals surface area contributed by atoms with Crippen molar-refractivity contribution in [1.29, 1.82) is 0 Å². The molecule has 3 aromatic rings. The lowest BCUT2D eigenvalue weighted by atomic mass is 10.1. The van der Waals surface area contributed by atoms with Gasteiger partial charge in [0.2, 0.25) is 0 Å². The summed E-state index contributed by atoms with van der Waals surface area (Å²) >= 11 is 1.08. The molecule has 0 bridgehead atoms. The van der Waals surface area contributed by atoms with Crippen LogP contribution in [-0.4, -0.2) is 23.5 Å². The van der Waals surface area contributed by atoms with Crippen molar-refractivity contribution >= 4 is 28.3 Å². The highest BCUT2D eigenvalue weighted by Crippen LogP contribution is 2.36. The number of halogens is 3. The molecule has 2 aromatic carbocycles. The molecule has 6 nitrogen and oxygen atoms in total. The highest BCUT2D eigenvalue weighted by Gasteiger charge is 2.30. The largest absolute Gasteiger partial charge is 0.480 e. The zero-order valence-corrected chi connectivity index (χ0v) is 16.0. The first kappa shape index (κ1) is 19.9. The van der Waals surface area contributed by atoms with E-state index in [9.17, 15) is 22.8 Å². The van der Waals surface area contributed by atoms with E-state index in [0.29, 0.717) is 22.6 Å². The Balaban J connectivity index is 1.40. The first-order valence-corrected chi connectivity index (χ1v) is 9.56. The molecule has 10 heteroatoms. The van der Waals surface area contributed by atoms with Crippen LogP contribution in [0.1, 0.15) is 11.1 Å². The number of fused-ring (bicyclic) bond motifs is 1. The Hall–Kier alpha value is -3.40. The molecule has 4 rings (SSSR count). The van der Waals surface area contributed by atoms with E-state index in [0.717, 1.165) is 23.5 Å². The number of esters is 1. The summed E-state index contributed by atoms with van der Waals surface area (Å²) < 4.78 is 49.1. The third kappa shape index (κ3) is 4.28. The third-order valence-corrected chi connectivity index (χ3v) is 4.96. The Morgan fingerprint density at radius 2 is 2.03 bits per heavy atom. The summed E-state index contributed by atoms with van der Waals surface area (Å²) in [7, 11) is 0. The highest BCUT2D eigenvalue weighted by atomic mass is 32.1. The van der Waals surface area contributed by atoms with Crippen LogP contribution in [0.25, 0.3) is 11.3 Å². The molecular formula is C20H13F3N2O4S. The summed E-state index contributed by atoms with van der Waals surface area (Å²) in [6.45, 7) is -0.355. The second-order valence-electron chi connectivity index (χ2n) is 6.35. The fourth-order valence-corrected chi connectivity index (χ4v) is 3.59. The van der Waals surface area contributed by atoms with Gasteiger partial charge in [-0.3, -0.25) is 14.9 Å². The van der Waals surface area contributed by atoms with Crippen LogP contribution < -0.4 is 14.8 Å². The van der Waals surface area contributed by atoms with Gasteiger partial charge >= 0.3 is 12.1 Å². The first-order valence-electron chi connectivity index (χ1n) is 8.68. The molecule has 0 aliphatic carbocycles. The Labute approximate surface area is 172 Å². The number of hydrogen-bond acceptors (Lipinski definition) is 6. The number of amides is 1. The summed E-state index contributed by atoms with van der Waals surface area (Å²) in [4.78, 5) is 27.7. The number of rotatable bonds is 5. The molecule has 30 heavy (non-hydrogen) atoms. The normalized spacial score (nSPS) is 13.0. The van der Waals surface area contributed by atoms with E-state index in [2.05, 4.69) is 10.3 Å². The van der Waals surface area contributed by atoms with E-state index < -0.39 is 23.6 Å². The van der Waals surface area contributed by atoms with Gasteiger partial charge in [-0.05, 0) is 18.2 Å². The van der Waals surface area contributed by atoms with Gasteiger partial charge in [0.15, 0.2) is 23.2 Å². The smallest absolute Gasteiger partial charge is 0.416 e. The van der Waals surface area contributed by atoms with Gasteiger partial charge in [-0.15, -0.1) is 11.3 Å². The summed E-state index contributed by atoms with van der Waals surface area (Å²) in [5.41, 5.74) is 0.515.